The van der Waals surface area contributed by atoms with Crippen molar-refractivity contribution in [3.05, 3.63) is 40.8 Å². The number of nitriles is 2. The molecule has 0 heterocycles. The summed E-state index contributed by atoms with van der Waals surface area (Å²) in [5, 5.41) is 19.8. The molecule has 0 aliphatic carbocycles. The highest BCUT2D eigenvalue weighted by Gasteiger charge is 2.17. The first-order valence-electron chi connectivity index (χ1n) is 5.19. The summed E-state index contributed by atoms with van der Waals surface area (Å²) in [5.74, 6) is -1.48. The van der Waals surface area contributed by atoms with Crippen LogP contribution in [0.4, 0.5) is 10.1 Å². The van der Waals surface area contributed by atoms with Gasteiger partial charge < -0.3 is 10.1 Å². The van der Waals surface area contributed by atoms with Gasteiger partial charge in [0.2, 0.25) is 0 Å². The Hall–Kier alpha value is -2.86. The molecule has 0 aliphatic heterocycles. The number of rotatable bonds is 3. The molecule has 0 aliphatic rings. The van der Waals surface area contributed by atoms with E-state index in [1.54, 1.807) is 12.1 Å². The fourth-order valence-electron chi connectivity index (χ4n) is 1.43. The number of hydrogen-bond donors (Lipinski definition) is 1. The van der Waals surface area contributed by atoms with Crippen LogP contribution in [0.2, 0.25) is 0 Å². The molecule has 96 valence electrons. The van der Waals surface area contributed by atoms with E-state index in [-0.39, 0.29) is 11.1 Å². The van der Waals surface area contributed by atoms with E-state index in [9.17, 15) is 9.18 Å². The summed E-state index contributed by atoms with van der Waals surface area (Å²) in [5.41, 5.74) is 0.419. The van der Waals surface area contributed by atoms with Gasteiger partial charge in [0.05, 0.1) is 7.11 Å². The number of anilines is 1. The minimum atomic E-state index is -0.789. The van der Waals surface area contributed by atoms with Crippen molar-refractivity contribution in [2.45, 2.75) is 6.92 Å². The predicted molar refractivity (Wildman–Crippen MR) is 65.4 cm³/mol. The van der Waals surface area contributed by atoms with Gasteiger partial charge in [-0.2, -0.15) is 10.5 Å². The van der Waals surface area contributed by atoms with E-state index >= 15 is 0 Å². The second-order valence-electron chi connectivity index (χ2n) is 3.51. The summed E-state index contributed by atoms with van der Waals surface area (Å²) in [7, 11) is 1.16. The van der Waals surface area contributed by atoms with Gasteiger partial charge in [0, 0.05) is 11.9 Å². The number of carbonyl (C=O) groups is 1. The molecule has 0 spiro atoms. The van der Waals surface area contributed by atoms with Crippen LogP contribution in [0, 0.1) is 35.4 Å². The van der Waals surface area contributed by atoms with Crippen LogP contribution in [0.25, 0.3) is 0 Å². The lowest BCUT2D eigenvalue weighted by Gasteiger charge is -2.10. The first kappa shape index (κ1) is 14.2. The van der Waals surface area contributed by atoms with Crippen molar-refractivity contribution in [2.75, 3.05) is 12.4 Å². The molecule has 0 aromatic heterocycles. The maximum Gasteiger partial charge on any atom is 0.341 e. The van der Waals surface area contributed by atoms with Gasteiger partial charge >= 0.3 is 5.97 Å². The van der Waals surface area contributed by atoms with E-state index in [2.05, 4.69) is 10.1 Å². The Kier molecular flexibility index (Phi) is 4.62. The van der Waals surface area contributed by atoms with Crippen molar-refractivity contribution in [2.24, 2.45) is 0 Å². The summed E-state index contributed by atoms with van der Waals surface area (Å²) in [6, 6.07) is 5.85. The Bertz CT molecular complexity index is 608. The largest absolute Gasteiger partial charge is 0.465 e. The third kappa shape index (κ3) is 3.08. The summed E-state index contributed by atoms with van der Waals surface area (Å²) in [6.45, 7) is 1.53. The average molecular weight is 259 g/mol. The van der Waals surface area contributed by atoms with E-state index in [4.69, 9.17) is 10.5 Å². The zero-order chi connectivity index (χ0) is 14.4. The molecular formula is C13H10FN3O2. The number of methoxy groups -OCH3 is 1. The molecule has 0 atom stereocenters. The first-order chi connectivity index (χ1) is 9.04. The SMILES string of the molecule is COC(=O)c1c(F)ccc(NC=C(C#N)C#N)c1C. The van der Waals surface area contributed by atoms with E-state index in [0.717, 1.165) is 13.2 Å². The number of esters is 1. The zero-order valence-electron chi connectivity index (χ0n) is 10.3. The number of benzene rings is 1. The van der Waals surface area contributed by atoms with Gasteiger partial charge in [0.1, 0.15) is 29.1 Å². The van der Waals surface area contributed by atoms with Gasteiger partial charge in [0.15, 0.2) is 0 Å². The lowest BCUT2D eigenvalue weighted by atomic mass is 10.1. The molecule has 0 bridgehead atoms. The molecule has 0 saturated carbocycles. The minimum absolute atomic E-state index is 0.136. The lowest BCUT2D eigenvalue weighted by Crippen LogP contribution is -2.08. The molecule has 0 radical (unpaired) electrons. The minimum Gasteiger partial charge on any atom is -0.465 e. The van der Waals surface area contributed by atoms with Crippen molar-refractivity contribution in [3.63, 3.8) is 0 Å². The molecule has 19 heavy (non-hydrogen) atoms. The first-order valence-corrected chi connectivity index (χ1v) is 5.19. The van der Waals surface area contributed by atoms with Gasteiger partial charge in [0.25, 0.3) is 0 Å². The van der Waals surface area contributed by atoms with Crippen molar-refractivity contribution in [1.82, 2.24) is 0 Å². The maximum atomic E-state index is 13.6. The lowest BCUT2D eigenvalue weighted by molar-refractivity contribution is 0.0594. The third-order valence-corrected chi connectivity index (χ3v) is 2.42. The van der Waals surface area contributed by atoms with Crippen molar-refractivity contribution in [3.8, 4) is 12.1 Å². The topological polar surface area (TPSA) is 85.9 Å². The van der Waals surface area contributed by atoms with Crippen LogP contribution in [-0.2, 0) is 4.74 Å². The van der Waals surface area contributed by atoms with Crippen LogP contribution in [0.15, 0.2) is 23.9 Å². The van der Waals surface area contributed by atoms with Crippen LogP contribution in [0.1, 0.15) is 15.9 Å². The molecule has 0 saturated heterocycles. The van der Waals surface area contributed by atoms with Crippen LogP contribution in [0.5, 0.6) is 0 Å². The number of allylic oxidation sites excluding steroid dienone is 1. The molecule has 1 rings (SSSR count). The van der Waals surface area contributed by atoms with Crippen molar-refractivity contribution < 1.29 is 13.9 Å². The number of nitrogens with one attached hydrogen (secondary N) is 1. The van der Waals surface area contributed by atoms with Gasteiger partial charge in [-0.3, -0.25) is 0 Å². The molecular weight excluding hydrogens is 249 g/mol. The van der Waals surface area contributed by atoms with Crippen LogP contribution in [-0.4, -0.2) is 13.1 Å². The Morgan fingerprint density at radius 2 is 2.05 bits per heavy atom. The zero-order valence-corrected chi connectivity index (χ0v) is 10.3. The Balaban J connectivity index is 3.20. The fraction of sp³-hybridized carbons (Fsp3) is 0.154. The summed E-state index contributed by atoms with van der Waals surface area (Å²) in [4.78, 5) is 11.4. The quantitative estimate of drug-likeness (QED) is 0.664. The molecule has 1 N–H and O–H groups in total. The highest BCUT2D eigenvalue weighted by molar-refractivity contribution is 5.93. The molecule has 6 heteroatoms. The van der Waals surface area contributed by atoms with Crippen LogP contribution < -0.4 is 5.32 Å². The Morgan fingerprint density at radius 3 is 2.58 bits per heavy atom. The highest BCUT2D eigenvalue weighted by Crippen LogP contribution is 2.23. The second kappa shape index (κ2) is 6.18. The second-order valence-corrected chi connectivity index (χ2v) is 3.51. The highest BCUT2D eigenvalue weighted by atomic mass is 19.1. The molecule has 0 fully saturated rings. The number of halogens is 1. The number of hydrogen-bond acceptors (Lipinski definition) is 5. The summed E-state index contributed by atoms with van der Waals surface area (Å²) < 4.78 is 18.0. The van der Waals surface area contributed by atoms with Gasteiger partial charge in [-0.25, -0.2) is 9.18 Å². The van der Waals surface area contributed by atoms with E-state index in [1.165, 1.54) is 19.2 Å². The molecule has 0 unspecified atom stereocenters. The van der Waals surface area contributed by atoms with Gasteiger partial charge in [-0.1, -0.05) is 0 Å². The molecule has 5 nitrogen and oxygen atoms in total. The normalized spacial score (nSPS) is 8.89. The Morgan fingerprint density at radius 1 is 1.42 bits per heavy atom. The molecule has 1 aromatic rings. The number of carbonyl (C=O) groups excluding carboxylic acids is 1. The number of nitrogens with zero attached hydrogens (tertiary/aromatic N) is 2. The maximum absolute atomic E-state index is 13.6. The third-order valence-electron chi connectivity index (χ3n) is 2.42. The van der Waals surface area contributed by atoms with E-state index in [0.29, 0.717) is 11.3 Å². The summed E-state index contributed by atoms with van der Waals surface area (Å²) >= 11 is 0. The molecule has 0 amide bonds. The van der Waals surface area contributed by atoms with Gasteiger partial charge in [-0.05, 0) is 24.6 Å². The predicted octanol–water partition coefficient (Wildman–Crippen LogP) is 2.26. The van der Waals surface area contributed by atoms with Crippen LogP contribution >= 0.6 is 0 Å². The molecule has 1 aromatic carbocycles. The number of ether oxygens (including phenoxy) is 1. The smallest absolute Gasteiger partial charge is 0.341 e. The Labute approximate surface area is 109 Å². The van der Waals surface area contributed by atoms with Crippen LogP contribution in [0.3, 0.4) is 0 Å². The van der Waals surface area contributed by atoms with E-state index < -0.39 is 11.8 Å². The standard InChI is InChI=1S/C13H10FN3O2/c1-8-11(17-7-9(5-15)6-16)4-3-10(14)12(8)13(18)19-2/h3-4,7,17H,1-2H3. The van der Waals surface area contributed by atoms with Gasteiger partial charge in [-0.15, -0.1) is 0 Å². The van der Waals surface area contributed by atoms with Crippen molar-refractivity contribution >= 4 is 11.7 Å². The van der Waals surface area contributed by atoms with Crippen molar-refractivity contribution in [1.29, 1.82) is 10.5 Å². The monoisotopic (exact) mass is 259 g/mol. The average Bonchev–Trinajstić information content (AvgIpc) is 2.41. The fourth-order valence-corrected chi connectivity index (χ4v) is 1.43. The van der Waals surface area contributed by atoms with E-state index in [1.807, 2.05) is 0 Å². The summed E-state index contributed by atoms with van der Waals surface area (Å²) in [6.07, 6.45) is 1.18.